The Labute approximate surface area is 153 Å². The first-order valence-electron chi connectivity index (χ1n) is 8.35. The van der Waals surface area contributed by atoms with Crippen LogP contribution in [-0.4, -0.2) is 22.7 Å². The number of urea groups is 1. The van der Waals surface area contributed by atoms with E-state index in [1.54, 1.807) is 0 Å². The van der Waals surface area contributed by atoms with Crippen molar-refractivity contribution in [3.05, 3.63) is 41.5 Å². The number of amides is 2. The fourth-order valence-corrected chi connectivity index (χ4v) is 2.60. The molecular weight excluding hydrogens is 342 g/mol. The van der Waals surface area contributed by atoms with Gasteiger partial charge in [0, 0.05) is 12.2 Å². The van der Waals surface area contributed by atoms with Crippen molar-refractivity contribution in [3.8, 4) is 0 Å². The van der Waals surface area contributed by atoms with Gasteiger partial charge in [-0.25, -0.2) is 4.79 Å². The van der Waals surface area contributed by atoms with Crippen LogP contribution in [-0.2, 0) is 12.0 Å². The second-order valence-electron chi connectivity index (χ2n) is 6.28. The Bertz CT molecular complexity index is 697. The first-order valence-corrected chi connectivity index (χ1v) is 8.35. The van der Waals surface area contributed by atoms with E-state index < -0.39 is 5.54 Å². The highest BCUT2D eigenvalue weighted by atomic mass is 35.5. The van der Waals surface area contributed by atoms with Crippen LogP contribution in [0.4, 0.5) is 10.5 Å². The molecule has 1 aliphatic rings. The maximum Gasteiger partial charge on any atom is 0.319 e. The highest BCUT2D eigenvalue weighted by Gasteiger charge is 2.38. The maximum absolute atomic E-state index is 11.6. The lowest BCUT2D eigenvalue weighted by Gasteiger charge is -2.34. The molecule has 0 aliphatic heterocycles. The van der Waals surface area contributed by atoms with E-state index in [2.05, 4.69) is 20.8 Å². The maximum atomic E-state index is 11.6. The van der Waals surface area contributed by atoms with Crippen LogP contribution in [0.1, 0.15) is 49.9 Å². The van der Waals surface area contributed by atoms with E-state index >= 15 is 0 Å². The van der Waals surface area contributed by atoms with Crippen LogP contribution in [0.15, 0.2) is 28.8 Å². The van der Waals surface area contributed by atoms with Gasteiger partial charge in [0.05, 0.1) is 12.0 Å². The minimum Gasteiger partial charge on any atom is -0.339 e. The molecule has 0 spiro atoms. The topological polar surface area (TPSA) is 106 Å². The third kappa shape index (κ3) is 4.70. The van der Waals surface area contributed by atoms with Crippen molar-refractivity contribution in [2.24, 2.45) is 5.73 Å². The monoisotopic (exact) mass is 365 g/mol. The summed E-state index contributed by atoms with van der Waals surface area (Å²) >= 11 is 0. The van der Waals surface area contributed by atoms with E-state index in [4.69, 9.17) is 10.3 Å². The summed E-state index contributed by atoms with van der Waals surface area (Å²) in [5.74, 6) is 1.16. The molecular formula is C17H24ClN5O2. The highest BCUT2D eigenvalue weighted by Crippen LogP contribution is 2.36. The van der Waals surface area contributed by atoms with Gasteiger partial charge in [0.15, 0.2) is 5.82 Å². The molecule has 0 saturated heterocycles. The van der Waals surface area contributed by atoms with Crippen LogP contribution in [0.2, 0.25) is 0 Å². The number of nitrogens with one attached hydrogen (secondary N) is 2. The summed E-state index contributed by atoms with van der Waals surface area (Å²) in [6, 6.07) is 7.38. The molecule has 1 aliphatic carbocycles. The molecule has 1 fully saturated rings. The minimum atomic E-state index is -0.401. The van der Waals surface area contributed by atoms with Gasteiger partial charge in [-0.2, -0.15) is 4.98 Å². The molecule has 4 N–H and O–H groups in total. The Morgan fingerprint density at radius 3 is 2.64 bits per heavy atom. The molecule has 7 nitrogen and oxygen atoms in total. The number of hydrogen-bond donors (Lipinski definition) is 3. The van der Waals surface area contributed by atoms with Crippen molar-refractivity contribution in [2.45, 2.75) is 44.6 Å². The van der Waals surface area contributed by atoms with Gasteiger partial charge < -0.3 is 20.9 Å². The zero-order valence-corrected chi connectivity index (χ0v) is 15.1. The van der Waals surface area contributed by atoms with E-state index in [1.165, 1.54) is 0 Å². The summed E-state index contributed by atoms with van der Waals surface area (Å²) in [5.41, 5.74) is 7.58. The quantitative estimate of drug-likeness (QED) is 0.729. The molecule has 0 radical (unpaired) electrons. The summed E-state index contributed by atoms with van der Waals surface area (Å²) in [6.45, 7) is 2.67. The van der Waals surface area contributed by atoms with Crippen LogP contribution >= 0.6 is 12.4 Å². The number of nitrogens with zero attached hydrogens (tertiary/aromatic N) is 2. The first kappa shape index (κ1) is 19.2. The number of carbonyl (C=O) groups excluding carboxylic acids is 1. The first-order chi connectivity index (χ1) is 11.6. The van der Waals surface area contributed by atoms with E-state index in [1.807, 2.05) is 31.2 Å². The zero-order valence-electron chi connectivity index (χ0n) is 14.2. The lowest BCUT2D eigenvalue weighted by Crippen LogP contribution is -2.44. The normalized spacial score (nSPS) is 15.0. The lowest BCUT2D eigenvalue weighted by atomic mass is 9.77. The van der Waals surface area contributed by atoms with E-state index in [9.17, 15) is 4.79 Å². The van der Waals surface area contributed by atoms with Gasteiger partial charge in [0.25, 0.3) is 0 Å². The SMILES string of the molecule is CCCNC(=O)Nc1ccc(Cc2nc(C3(N)CCC3)no2)cc1.Cl. The van der Waals surface area contributed by atoms with Crippen molar-refractivity contribution in [1.82, 2.24) is 15.5 Å². The number of hydrogen-bond acceptors (Lipinski definition) is 5. The second kappa shape index (κ2) is 8.31. The molecule has 0 bridgehead atoms. The van der Waals surface area contributed by atoms with Crippen molar-refractivity contribution in [3.63, 3.8) is 0 Å². The summed E-state index contributed by atoms with van der Waals surface area (Å²) in [6.07, 6.45) is 4.38. The Hall–Kier alpha value is -2.12. The summed E-state index contributed by atoms with van der Waals surface area (Å²) in [5, 5.41) is 9.57. The molecule has 136 valence electrons. The third-order valence-electron chi connectivity index (χ3n) is 4.26. The number of rotatable bonds is 6. The standard InChI is InChI=1S/C17H23N5O2.ClH/c1-2-10-19-16(23)20-13-6-4-12(5-7-13)11-14-21-15(22-24-14)17(18)8-3-9-17;/h4-7H,2-3,8-11,18H2,1H3,(H2,19,20,23);1H. The van der Waals surface area contributed by atoms with Crippen molar-refractivity contribution in [2.75, 3.05) is 11.9 Å². The molecule has 1 aromatic carbocycles. The van der Waals surface area contributed by atoms with Gasteiger partial charge >= 0.3 is 6.03 Å². The number of aromatic nitrogens is 2. The molecule has 1 aromatic heterocycles. The fourth-order valence-electron chi connectivity index (χ4n) is 2.60. The summed E-state index contributed by atoms with van der Waals surface area (Å²) in [7, 11) is 0. The largest absolute Gasteiger partial charge is 0.339 e. The van der Waals surface area contributed by atoms with Crippen LogP contribution in [0, 0.1) is 0 Å². The average Bonchev–Trinajstić information content (AvgIpc) is 3.01. The second-order valence-corrected chi connectivity index (χ2v) is 6.28. The molecule has 0 unspecified atom stereocenters. The molecule has 0 atom stereocenters. The molecule has 3 rings (SSSR count). The minimum absolute atomic E-state index is 0. The Morgan fingerprint density at radius 2 is 2.04 bits per heavy atom. The van der Waals surface area contributed by atoms with Gasteiger partial charge in [-0.1, -0.05) is 24.2 Å². The van der Waals surface area contributed by atoms with Crippen molar-refractivity contribution < 1.29 is 9.32 Å². The number of anilines is 1. The summed E-state index contributed by atoms with van der Waals surface area (Å²) in [4.78, 5) is 16.0. The fraction of sp³-hybridized carbons (Fsp3) is 0.471. The molecule has 25 heavy (non-hydrogen) atoms. The summed E-state index contributed by atoms with van der Waals surface area (Å²) < 4.78 is 5.31. The highest BCUT2D eigenvalue weighted by molar-refractivity contribution is 5.89. The predicted molar refractivity (Wildman–Crippen MR) is 97.8 cm³/mol. The number of benzene rings is 1. The van der Waals surface area contributed by atoms with Crippen LogP contribution < -0.4 is 16.4 Å². The molecule has 8 heteroatoms. The van der Waals surface area contributed by atoms with Gasteiger partial charge in [0.2, 0.25) is 5.89 Å². The van der Waals surface area contributed by atoms with Crippen molar-refractivity contribution in [1.29, 1.82) is 0 Å². The number of nitrogens with two attached hydrogens (primary N) is 1. The Kier molecular flexibility index (Phi) is 6.39. The van der Waals surface area contributed by atoms with Crippen LogP contribution in [0.25, 0.3) is 0 Å². The lowest BCUT2D eigenvalue weighted by molar-refractivity contribution is 0.229. The Balaban J connectivity index is 0.00000225. The molecule has 2 aromatic rings. The van der Waals surface area contributed by atoms with E-state index in [-0.39, 0.29) is 18.4 Å². The van der Waals surface area contributed by atoms with Gasteiger partial charge in [-0.05, 0) is 43.4 Å². The van der Waals surface area contributed by atoms with E-state index in [0.717, 1.165) is 36.9 Å². The van der Waals surface area contributed by atoms with Gasteiger partial charge in [-0.3, -0.25) is 0 Å². The van der Waals surface area contributed by atoms with Gasteiger partial charge in [-0.15, -0.1) is 12.4 Å². The number of halogens is 1. The van der Waals surface area contributed by atoms with E-state index in [0.29, 0.717) is 24.7 Å². The molecule has 1 heterocycles. The smallest absolute Gasteiger partial charge is 0.319 e. The van der Waals surface area contributed by atoms with Crippen LogP contribution in [0.3, 0.4) is 0 Å². The Morgan fingerprint density at radius 1 is 1.32 bits per heavy atom. The molecule has 2 amide bonds. The molecule has 1 saturated carbocycles. The van der Waals surface area contributed by atoms with Gasteiger partial charge in [0.1, 0.15) is 0 Å². The van der Waals surface area contributed by atoms with Crippen LogP contribution in [0.5, 0.6) is 0 Å². The average molecular weight is 366 g/mol. The zero-order chi connectivity index (χ0) is 17.0. The predicted octanol–water partition coefficient (Wildman–Crippen LogP) is 2.95. The number of carbonyl (C=O) groups is 1. The van der Waals surface area contributed by atoms with Crippen molar-refractivity contribution >= 4 is 24.1 Å². The third-order valence-corrected chi connectivity index (χ3v) is 4.26.